The fraction of sp³-hybridized carbons (Fsp3) is 0.571. The van der Waals surface area contributed by atoms with E-state index in [1.807, 2.05) is 30.0 Å². The molecule has 2 rings (SSSR count). The molecule has 0 saturated heterocycles. The Morgan fingerprint density at radius 3 is 2.94 bits per heavy atom. The molecule has 0 amide bonds. The number of hydrogen-bond acceptors (Lipinski definition) is 2. The predicted molar refractivity (Wildman–Crippen MR) is 82.9 cm³/mol. The van der Waals surface area contributed by atoms with Gasteiger partial charge in [0.15, 0.2) is 0 Å². The maximum atomic E-state index is 6.17. The molecule has 18 heavy (non-hydrogen) atoms. The van der Waals surface area contributed by atoms with Crippen molar-refractivity contribution in [2.75, 3.05) is 6.26 Å². The minimum absolute atomic E-state index is 0.617. The lowest BCUT2D eigenvalue weighted by atomic mass is 9.95. The lowest BCUT2D eigenvalue weighted by Crippen LogP contribution is -2.34. The van der Waals surface area contributed by atoms with Crippen molar-refractivity contribution >= 4 is 35.0 Å². The van der Waals surface area contributed by atoms with Crippen LogP contribution in [0.1, 0.15) is 31.2 Å². The van der Waals surface area contributed by atoms with Crippen LogP contribution in [0.15, 0.2) is 18.2 Å². The molecule has 4 heteroatoms. The summed E-state index contributed by atoms with van der Waals surface area (Å²) in [6.07, 6.45) is 7.43. The topological polar surface area (TPSA) is 12.0 Å². The minimum atomic E-state index is 0.617. The Morgan fingerprint density at radius 2 is 2.17 bits per heavy atom. The number of halogens is 2. The molecule has 1 aliphatic carbocycles. The molecule has 0 bridgehead atoms. The van der Waals surface area contributed by atoms with E-state index in [1.165, 1.54) is 25.7 Å². The van der Waals surface area contributed by atoms with Gasteiger partial charge in [-0.2, -0.15) is 11.8 Å². The maximum Gasteiger partial charge on any atom is 0.0451 e. The summed E-state index contributed by atoms with van der Waals surface area (Å²) in [5.74, 6) is 0. The van der Waals surface area contributed by atoms with Crippen molar-refractivity contribution in [1.82, 2.24) is 5.32 Å². The third-order valence-electron chi connectivity index (χ3n) is 3.55. The van der Waals surface area contributed by atoms with Gasteiger partial charge in [0.05, 0.1) is 0 Å². The third kappa shape index (κ3) is 4.06. The van der Waals surface area contributed by atoms with Gasteiger partial charge < -0.3 is 5.32 Å². The number of nitrogens with one attached hydrogen (secondary N) is 1. The average Bonchev–Trinajstić information content (AvgIpc) is 2.40. The first-order valence-corrected chi connectivity index (χ1v) is 8.43. The van der Waals surface area contributed by atoms with Crippen LogP contribution < -0.4 is 5.32 Å². The van der Waals surface area contributed by atoms with Gasteiger partial charge in [-0.1, -0.05) is 29.6 Å². The van der Waals surface area contributed by atoms with Crippen LogP contribution in [0, 0.1) is 0 Å². The molecule has 1 aliphatic rings. The Balaban J connectivity index is 1.89. The van der Waals surface area contributed by atoms with Gasteiger partial charge in [0.1, 0.15) is 0 Å². The van der Waals surface area contributed by atoms with E-state index in [2.05, 4.69) is 11.6 Å². The molecule has 0 aliphatic heterocycles. The summed E-state index contributed by atoms with van der Waals surface area (Å²) in [4.78, 5) is 0. The first-order chi connectivity index (χ1) is 8.69. The first-order valence-electron chi connectivity index (χ1n) is 6.39. The highest BCUT2D eigenvalue weighted by Gasteiger charge is 2.20. The second kappa shape index (κ2) is 7.04. The molecule has 2 unspecified atom stereocenters. The van der Waals surface area contributed by atoms with Crippen molar-refractivity contribution in [2.45, 2.75) is 43.5 Å². The zero-order chi connectivity index (χ0) is 13.0. The maximum absolute atomic E-state index is 6.17. The normalized spacial score (nSPS) is 24.2. The van der Waals surface area contributed by atoms with Crippen molar-refractivity contribution in [1.29, 1.82) is 0 Å². The molecule has 0 aromatic heterocycles. The van der Waals surface area contributed by atoms with Crippen LogP contribution in [-0.2, 0) is 6.54 Å². The Labute approximate surface area is 124 Å². The van der Waals surface area contributed by atoms with Gasteiger partial charge in [-0.3, -0.25) is 0 Å². The molecule has 0 radical (unpaired) electrons. The molecule has 1 aromatic rings. The van der Waals surface area contributed by atoms with E-state index in [-0.39, 0.29) is 0 Å². The summed E-state index contributed by atoms with van der Waals surface area (Å²) in [5.41, 5.74) is 1.09. The quantitative estimate of drug-likeness (QED) is 0.861. The van der Waals surface area contributed by atoms with Crippen LogP contribution in [-0.4, -0.2) is 17.5 Å². The average molecular weight is 304 g/mol. The zero-order valence-corrected chi connectivity index (χ0v) is 12.9. The number of benzene rings is 1. The van der Waals surface area contributed by atoms with Crippen LogP contribution in [0.4, 0.5) is 0 Å². The fourth-order valence-corrected chi connectivity index (χ4v) is 3.68. The molecular formula is C14H19Cl2NS. The number of rotatable bonds is 4. The largest absolute Gasteiger partial charge is 0.310 e. The number of hydrogen-bond donors (Lipinski definition) is 1. The molecule has 1 fully saturated rings. The van der Waals surface area contributed by atoms with Crippen LogP contribution >= 0.6 is 35.0 Å². The molecule has 1 saturated carbocycles. The molecule has 100 valence electrons. The highest BCUT2D eigenvalue weighted by molar-refractivity contribution is 7.99. The summed E-state index contributed by atoms with van der Waals surface area (Å²) in [7, 11) is 0. The second-order valence-corrected chi connectivity index (χ2v) is 6.82. The molecular weight excluding hydrogens is 285 g/mol. The smallest absolute Gasteiger partial charge is 0.0451 e. The first kappa shape index (κ1) is 14.5. The fourth-order valence-electron chi connectivity index (χ4n) is 2.48. The van der Waals surface area contributed by atoms with E-state index in [4.69, 9.17) is 23.2 Å². The summed E-state index contributed by atoms with van der Waals surface area (Å²) in [5, 5.41) is 5.97. The van der Waals surface area contributed by atoms with Gasteiger partial charge in [0.2, 0.25) is 0 Å². The van der Waals surface area contributed by atoms with Gasteiger partial charge in [-0.25, -0.2) is 0 Å². The van der Waals surface area contributed by atoms with Gasteiger partial charge in [0.25, 0.3) is 0 Å². The van der Waals surface area contributed by atoms with Crippen LogP contribution in [0.3, 0.4) is 0 Å². The molecule has 0 spiro atoms. The lowest BCUT2D eigenvalue weighted by molar-refractivity contribution is 0.380. The van der Waals surface area contributed by atoms with E-state index in [9.17, 15) is 0 Å². The molecule has 1 nitrogen and oxygen atoms in total. The summed E-state index contributed by atoms with van der Waals surface area (Å²) in [6.45, 7) is 0.811. The summed E-state index contributed by atoms with van der Waals surface area (Å²) >= 11 is 14.2. The van der Waals surface area contributed by atoms with Gasteiger partial charge in [-0.15, -0.1) is 0 Å². The van der Waals surface area contributed by atoms with Gasteiger partial charge in [-0.05, 0) is 49.3 Å². The highest BCUT2D eigenvalue weighted by Crippen LogP contribution is 2.27. The molecule has 1 N–H and O–H groups in total. The van der Waals surface area contributed by atoms with Crippen molar-refractivity contribution in [3.05, 3.63) is 33.8 Å². The Bertz CT molecular complexity index is 397. The van der Waals surface area contributed by atoms with Crippen LogP contribution in [0.2, 0.25) is 10.0 Å². The Morgan fingerprint density at radius 1 is 1.33 bits per heavy atom. The van der Waals surface area contributed by atoms with E-state index in [1.54, 1.807) is 0 Å². The monoisotopic (exact) mass is 303 g/mol. The van der Waals surface area contributed by atoms with Gasteiger partial charge >= 0.3 is 0 Å². The van der Waals surface area contributed by atoms with Crippen molar-refractivity contribution in [3.63, 3.8) is 0 Å². The third-order valence-corrected chi connectivity index (χ3v) is 5.25. The van der Waals surface area contributed by atoms with E-state index < -0.39 is 0 Å². The molecule has 0 heterocycles. The summed E-state index contributed by atoms with van der Waals surface area (Å²) in [6, 6.07) is 6.27. The van der Waals surface area contributed by atoms with E-state index in [0.717, 1.165) is 27.4 Å². The van der Waals surface area contributed by atoms with Gasteiger partial charge in [0, 0.05) is 27.9 Å². The Hall–Kier alpha value is 0.110. The SMILES string of the molecule is CSC1CCCC(NCc2cc(Cl)ccc2Cl)C1. The molecule has 1 aromatic carbocycles. The van der Waals surface area contributed by atoms with Crippen LogP contribution in [0.5, 0.6) is 0 Å². The Kier molecular flexibility index (Phi) is 5.68. The second-order valence-electron chi connectivity index (χ2n) is 4.84. The van der Waals surface area contributed by atoms with E-state index in [0.29, 0.717) is 6.04 Å². The van der Waals surface area contributed by atoms with Crippen LogP contribution in [0.25, 0.3) is 0 Å². The predicted octanol–water partition coefficient (Wildman–Crippen LogP) is 4.76. The summed E-state index contributed by atoms with van der Waals surface area (Å²) < 4.78 is 0. The minimum Gasteiger partial charge on any atom is -0.310 e. The van der Waals surface area contributed by atoms with Crippen molar-refractivity contribution in [3.8, 4) is 0 Å². The highest BCUT2D eigenvalue weighted by atomic mass is 35.5. The van der Waals surface area contributed by atoms with Crippen molar-refractivity contribution in [2.24, 2.45) is 0 Å². The number of thioether (sulfide) groups is 1. The lowest BCUT2D eigenvalue weighted by Gasteiger charge is -2.29. The van der Waals surface area contributed by atoms with E-state index >= 15 is 0 Å². The standard InChI is InChI=1S/C14H19Cl2NS/c1-18-13-4-2-3-12(8-13)17-9-10-7-11(15)5-6-14(10)16/h5-7,12-13,17H,2-4,8-9H2,1H3. The zero-order valence-electron chi connectivity index (χ0n) is 10.6. The van der Waals surface area contributed by atoms with Crippen molar-refractivity contribution < 1.29 is 0 Å². The molecule has 2 atom stereocenters.